The Labute approximate surface area is 122 Å². The molecule has 2 nitrogen and oxygen atoms in total. The molecular weight excluding hydrogens is 256 g/mol. The minimum Gasteiger partial charge on any atom is -0.360 e. The van der Waals surface area contributed by atoms with Crippen molar-refractivity contribution in [2.45, 2.75) is 32.6 Å². The molecule has 1 heterocycles. The molecule has 1 aliphatic rings. The van der Waals surface area contributed by atoms with Crippen molar-refractivity contribution in [1.82, 2.24) is 0 Å². The Hall–Kier alpha value is -0.730. The van der Waals surface area contributed by atoms with Gasteiger partial charge in [-0.25, -0.2) is 0 Å². The van der Waals surface area contributed by atoms with Crippen LogP contribution in [0.3, 0.4) is 0 Å². The molecule has 0 aliphatic carbocycles. The molecule has 0 aromatic heterocycles. The quantitative estimate of drug-likeness (QED) is 0.788. The minimum absolute atomic E-state index is 0.823. The predicted molar refractivity (Wildman–Crippen MR) is 83.4 cm³/mol. The average molecular weight is 282 g/mol. The van der Waals surface area contributed by atoms with Gasteiger partial charge in [-0.15, -0.1) is 0 Å². The van der Waals surface area contributed by atoms with Crippen LogP contribution in [0.25, 0.3) is 0 Å². The molecule has 1 aromatic rings. The number of unbranched alkanes of at least 4 members (excludes halogenated alkanes) is 3. The van der Waals surface area contributed by atoms with Crippen LogP contribution >= 0.6 is 11.6 Å². The maximum Gasteiger partial charge on any atom is 0.0949 e. The second kappa shape index (κ2) is 7.76. The van der Waals surface area contributed by atoms with E-state index in [0.29, 0.717) is 0 Å². The summed E-state index contributed by atoms with van der Waals surface area (Å²) in [7, 11) is 0. The lowest BCUT2D eigenvalue weighted by molar-refractivity contribution is -0.900. The number of quaternary nitrogens is 1. The summed E-state index contributed by atoms with van der Waals surface area (Å²) in [5.74, 6) is 0. The highest BCUT2D eigenvalue weighted by Crippen LogP contribution is 2.17. The van der Waals surface area contributed by atoms with E-state index in [0.717, 1.165) is 5.02 Å². The Morgan fingerprint density at radius 1 is 1.05 bits per heavy atom. The molecule has 0 radical (unpaired) electrons. The van der Waals surface area contributed by atoms with Crippen LogP contribution in [0.5, 0.6) is 0 Å². The fourth-order valence-electron chi connectivity index (χ4n) is 2.78. The van der Waals surface area contributed by atoms with Crippen molar-refractivity contribution in [3.63, 3.8) is 0 Å². The third kappa shape index (κ3) is 4.70. The number of anilines is 1. The molecule has 3 heteroatoms. The van der Waals surface area contributed by atoms with Gasteiger partial charge in [0.25, 0.3) is 0 Å². The van der Waals surface area contributed by atoms with Gasteiger partial charge in [-0.3, -0.25) is 0 Å². The summed E-state index contributed by atoms with van der Waals surface area (Å²) < 4.78 is 0. The summed E-state index contributed by atoms with van der Waals surface area (Å²) in [5.41, 5.74) is 1.31. The molecule has 1 N–H and O–H groups in total. The SMILES string of the molecule is CCCCCC[NH+]1CCN(c2ccc(Cl)cc2)CC1. The fourth-order valence-corrected chi connectivity index (χ4v) is 2.91. The van der Waals surface area contributed by atoms with Gasteiger partial charge < -0.3 is 9.80 Å². The normalized spacial score (nSPS) is 16.8. The van der Waals surface area contributed by atoms with E-state index < -0.39 is 0 Å². The topological polar surface area (TPSA) is 7.68 Å². The molecule has 1 saturated heterocycles. The van der Waals surface area contributed by atoms with Crippen LogP contribution in [0.2, 0.25) is 5.02 Å². The van der Waals surface area contributed by atoms with Crippen LogP contribution < -0.4 is 9.80 Å². The van der Waals surface area contributed by atoms with E-state index in [2.05, 4.69) is 24.0 Å². The van der Waals surface area contributed by atoms with Crippen LogP contribution in [0.1, 0.15) is 32.6 Å². The third-order valence-corrected chi connectivity index (χ3v) is 4.30. The number of hydrogen-bond acceptors (Lipinski definition) is 1. The number of benzene rings is 1. The second-order valence-corrected chi connectivity index (χ2v) is 5.96. The Bertz CT molecular complexity index is 356. The summed E-state index contributed by atoms with van der Waals surface area (Å²) in [6.45, 7) is 8.52. The molecule has 0 spiro atoms. The number of hydrogen-bond donors (Lipinski definition) is 1. The largest absolute Gasteiger partial charge is 0.360 e. The van der Waals surface area contributed by atoms with E-state index in [9.17, 15) is 0 Å². The van der Waals surface area contributed by atoms with Crippen molar-refractivity contribution in [1.29, 1.82) is 0 Å². The number of piperazine rings is 1. The van der Waals surface area contributed by atoms with Gasteiger partial charge in [-0.2, -0.15) is 0 Å². The molecule has 106 valence electrons. The number of nitrogens with one attached hydrogen (secondary N) is 1. The van der Waals surface area contributed by atoms with Crippen LogP contribution in [0.15, 0.2) is 24.3 Å². The van der Waals surface area contributed by atoms with Gasteiger partial charge in [-0.1, -0.05) is 31.4 Å². The van der Waals surface area contributed by atoms with Gasteiger partial charge in [-0.05, 0) is 37.1 Å². The highest BCUT2D eigenvalue weighted by Gasteiger charge is 2.19. The molecule has 19 heavy (non-hydrogen) atoms. The molecule has 0 atom stereocenters. The van der Waals surface area contributed by atoms with Gasteiger partial charge in [0.1, 0.15) is 0 Å². The van der Waals surface area contributed by atoms with E-state index in [1.54, 1.807) is 4.90 Å². The number of nitrogens with zero attached hydrogens (tertiary/aromatic N) is 1. The van der Waals surface area contributed by atoms with E-state index in [4.69, 9.17) is 11.6 Å². The van der Waals surface area contributed by atoms with E-state index >= 15 is 0 Å². The van der Waals surface area contributed by atoms with Gasteiger partial charge in [0.2, 0.25) is 0 Å². The van der Waals surface area contributed by atoms with E-state index in [1.165, 1.54) is 64.1 Å². The molecule has 2 rings (SSSR count). The summed E-state index contributed by atoms with van der Waals surface area (Å²) in [6, 6.07) is 8.24. The zero-order chi connectivity index (χ0) is 13.5. The van der Waals surface area contributed by atoms with Gasteiger partial charge >= 0.3 is 0 Å². The van der Waals surface area contributed by atoms with Crippen molar-refractivity contribution in [3.05, 3.63) is 29.3 Å². The second-order valence-electron chi connectivity index (χ2n) is 5.52. The Kier molecular flexibility index (Phi) is 5.99. The summed E-state index contributed by atoms with van der Waals surface area (Å²) in [5, 5.41) is 0.823. The minimum atomic E-state index is 0.823. The Morgan fingerprint density at radius 2 is 1.74 bits per heavy atom. The van der Waals surface area contributed by atoms with Crippen LogP contribution in [-0.2, 0) is 0 Å². The summed E-state index contributed by atoms with van der Waals surface area (Å²) in [6.07, 6.45) is 5.52. The fraction of sp³-hybridized carbons (Fsp3) is 0.625. The zero-order valence-electron chi connectivity index (χ0n) is 12.0. The van der Waals surface area contributed by atoms with Gasteiger partial charge in [0.05, 0.1) is 32.7 Å². The molecule has 0 amide bonds. The average Bonchev–Trinajstić information content (AvgIpc) is 2.45. The number of halogens is 1. The molecule has 1 aromatic carbocycles. The molecule has 0 bridgehead atoms. The predicted octanol–water partition coefficient (Wildman–Crippen LogP) is 2.63. The molecule has 0 saturated carbocycles. The lowest BCUT2D eigenvalue weighted by Crippen LogP contribution is -3.14. The Balaban J connectivity index is 1.71. The van der Waals surface area contributed by atoms with Crippen molar-refractivity contribution < 1.29 is 4.90 Å². The molecular formula is C16H26ClN2+. The molecule has 1 fully saturated rings. The highest BCUT2D eigenvalue weighted by atomic mass is 35.5. The maximum absolute atomic E-state index is 5.93. The lowest BCUT2D eigenvalue weighted by atomic mass is 10.2. The standard InChI is InChI=1S/C16H25ClN2/c1-2-3-4-5-10-18-11-13-19(14-12-18)16-8-6-15(17)7-9-16/h6-9H,2-5,10-14H2,1H3/p+1. The smallest absolute Gasteiger partial charge is 0.0949 e. The zero-order valence-corrected chi connectivity index (χ0v) is 12.8. The first-order valence-corrected chi connectivity index (χ1v) is 8.01. The monoisotopic (exact) mass is 281 g/mol. The molecule has 0 unspecified atom stereocenters. The highest BCUT2D eigenvalue weighted by molar-refractivity contribution is 6.30. The van der Waals surface area contributed by atoms with Gasteiger partial charge in [0, 0.05) is 10.7 Å². The maximum atomic E-state index is 5.93. The van der Waals surface area contributed by atoms with E-state index in [-0.39, 0.29) is 0 Å². The van der Waals surface area contributed by atoms with Crippen molar-refractivity contribution in [3.8, 4) is 0 Å². The van der Waals surface area contributed by atoms with E-state index in [1.807, 2.05) is 12.1 Å². The van der Waals surface area contributed by atoms with Gasteiger partial charge in [0.15, 0.2) is 0 Å². The third-order valence-electron chi connectivity index (χ3n) is 4.05. The van der Waals surface area contributed by atoms with Crippen LogP contribution in [0, 0.1) is 0 Å². The molecule has 1 aliphatic heterocycles. The van der Waals surface area contributed by atoms with Crippen molar-refractivity contribution in [2.75, 3.05) is 37.6 Å². The van der Waals surface area contributed by atoms with Crippen molar-refractivity contribution in [2.24, 2.45) is 0 Å². The first-order valence-electron chi connectivity index (χ1n) is 7.63. The Morgan fingerprint density at radius 3 is 2.37 bits per heavy atom. The summed E-state index contributed by atoms with van der Waals surface area (Å²) >= 11 is 5.93. The number of rotatable bonds is 6. The van der Waals surface area contributed by atoms with Crippen LogP contribution in [-0.4, -0.2) is 32.7 Å². The summed E-state index contributed by atoms with van der Waals surface area (Å²) in [4.78, 5) is 4.26. The van der Waals surface area contributed by atoms with Crippen molar-refractivity contribution >= 4 is 17.3 Å². The lowest BCUT2D eigenvalue weighted by Gasteiger charge is -2.33. The first kappa shape index (κ1) is 14.7. The van der Waals surface area contributed by atoms with Crippen LogP contribution in [0.4, 0.5) is 5.69 Å². The first-order chi connectivity index (χ1) is 9.29.